The molecular formula is C7H8N2O3. The lowest BCUT2D eigenvalue weighted by molar-refractivity contribution is -0.386. The van der Waals surface area contributed by atoms with E-state index in [2.05, 4.69) is 4.84 Å². The van der Waals surface area contributed by atoms with Crippen LogP contribution in [0, 0.1) is 17.0 Å². The molecule has 0 aromatic heterocycles. The van der Waals surface area contributed by atoms with Crippen LogP contribution in [0.25, 0.3) is 0 Å². The van der Waals surface area contributed by atoms with Crippen LogP contribution in [0.4, 0.5) is 5.69 Å². The Bertz CT molecular complexity index is 312. The van der Waals surface area contributed by atoms with E-state index in [1.807, 2.05) is 0 Å². The molecule has 0 amide bonds. The lowest BCUT2D eigenvalue weighted by Gasteiger charge is -2.01. The van der Waals surface area contributed by atoms with Crippen molar-refractivity contribution in [2.45, 2.75) is 6.92 Å². The van der Waals surface area contributed by atoms with Gasteiger partial charge in [0, 0.05) is 5.56 Å². The van der Waals surface area contributed by atoms with Gasteiger partial charge in [-0.05, 0) is 13.0 Å². The summed E-state index contributed by atoms with van der Waals surface area (Å²) in [5.74, 6) is 4.94. The summed E-state index contributed by atoms with van der Waals surface area (Å²) < 4.78 is 0. The number of nitrogens with zero attached hydrogens (tertiary/aromatic N) is 1. The zero-order valence-electron chi connectivity index (χ0n) is 6.48. The highest BCUT2D eigenvalue weighted by molar-refractivity contribution is 5.51. The van der Waals surface area contributed by atoms with Gasteiger partial charge in [0.15, 0.2) is 0 Å². The Labute approximate surface area is 68.9 Å². The van der Waals surface area contributed by atoms with Gasteiger partial charge in [-0.25, -0.2) is 0 Å². The average molecular weight is 168 g/mol. The summed E-state index contributed by atoms with van der Waals surface area (Å²) in [5.41, 5.74) is 0.447. The van der Waals surface area contributed by atoms with Crippen molar-refractivity contribution in [3.8, 4) is 5.75 Å². The predicted molar refractivity (Wildman–Crippen MR) is 42.6 cm³/mol. The summed E-state index contributed by atoms with van der Waals surface area (Å²) in [6.07, 6.45) is 0. The van der Waals surface area contributed by atoms with Crippen LogP contribution < -0.4 is 10.7 Å². The van der Waals surface area contributed by atoms with Crippen molar-refractivity contribution >= 4 is 5.69 Å². The van der Waals surface area contributed by atoms with E-state index < -0.39 is 4.92 Å². The largest absolute Gasteiger partial charge is 0.404 e. The van der Waals surface area contributed by atoms with Gasteiger partial charge in [0.1, 0.15) is 0 Å². The van der Waals surface area contributed by atoms with Crippen molar-refractivity contribution < 1.29 is 9.76 Å². The summed E-state index contributed by atoms with van der Waals surface area (Å²) in [7, 11) is 0. The second kappa shape index (κ2) is 3.19. The SMILES string of the molecule is Cc1cccc(ON)c1[N+](=O)[O-]. The first kappa shape index (κ1) is 8.48. The standard InChI is InChI=1S/C7H8N2O3/c1-5-3-2-4-6(12-8)7(5)9(10)11/h2-4H,8H2,1H3. The van der Waals surface area contributed by atoms with Crippen molar-refractivity contribution in [1.29, 1.82) is 0 Å². The molecule has 0 saturated carbocycles. The Morgan fingerprint density at radius 3 is 2.67 bits per heavy atom. The third-order valence-corrected chi connectivity index (χ3v) is 1.51. The molecule has 0 spiro atoms. The van der Waals surface area contributed by atoms with Crippen molar-refractivity contribution in [2.24, 2.45) is 5.90 Å². The molecule has 1 aromatic carbocycles. The molecule has 0 aliphatic carbocycles. The summed E-state index contributed by atoms with van der Waals surface area (Å²) in [6.45, 7) is 1.63. The van der Waals surface area contributed by atoms with Gasteiger partial charge in [-0.1, -0.05) is 12.1 Å². The fourth-order valence-electron chi connectivity index (χ4n) is 0.961. The zero-order valence-corrected chi connectivity index (χ0v) is 6.48. The van der Waals surface area contributed by atoms with Crippen LogP contribution in [0.3, 0.4) is 0 Å². The molecule has 0 atom stereocenters. The summed E-state index contributed by atoms with van der Waals surface area (Å²) in [4.78, 5) is 14.3. The Hall–Kier alpha value is -1.62. The molecule has 5 heteroatoms. The van der Waals surface area contributed by atoms with Crippen LogP contribution in [0.15, 0.2) is 18.2 Å². The second-order valence-corrected chi connectivity index (χ2v) is 2.30. The summed E-state index contributed by atoms with van der Waals surface area (Å²) >= 11 is 0. The fraction of sp³-hybridized carbons (Fsp3) is 0.143. The van der Waals surface area contributed by atoms with Crippen molar-refractivity contribution in [2.75, 3.05) is 0 Å². The van der Waals surface area contributed by atoms with Gasteiger partial charge in [-0.3, -0.25) is 10.1 Å². The third kappa shape index (κ3) is 1.35. The minimum Gasteiger partial charge on any atom is -0.404 e. The normalized spacial score (nSPS) is 9.50. The van der Waals surface area contributed by atoms with E-state index in [9.17, 15) is 10.1 Å². The Kier molecular flexibility index (Phi) is 2.25. The predicted octanol–water partition coefficient (Wildman–Crippen LogP) is 1.16. The van der Waals surface area contributed by atoms with E-state index in [-0.39, 0.29) is 11.4 Å². The molecule has 2 N–H and O–H groups in total. The zero-order chi connectivity index (χ0) is 9.14. The molecule has 0 unspecified atom stereocenters. The topological polar surface area (TPSA) is 78.4 Å². The van der Waals surface area contributed by atoms with E-state index in [0.29, 0.717) is 5.56 Å². The van der Waals surface area contributed by atoms with Crippen LogP contribution in [0.1, 0.15) is 5.56 Å². The van der Waals surface area contributed by atoms with Crippen molar-refractivity contribution in [1.82, 2.24) is 0 Å². The van der Waals surface area contributed by atoms with Gasteiger partial charge < -0.3 is 4.84 Å². The monoisotopic (exact) mass is 168 g/mol. The number of hydrogen-bond acceptors (Lipinski definition) is 4. The fourth-order valence-corrected chi connectivity index (χ4v) is 0.961. The van der Waals surface area contributed by atoms with Crippen LogP contribution in [-0.4, -0.2) is 4.92 Å². The second-order valence-electron chi connectivity index (χ2n) is 2.30. The Morgan fingerprint density at radius 1 is 1.58 bits per heavy atom. The number of nitro groups is 1. The number of aryl methyl sites for hydroxylation is 1. The van der Waals surface area contributed by atoms with E-state index in [0.717, 1.165) is 0 Å². The molecule has 5 nitrogen and oxygen atoms in total. The van der Waals surface area contributed by atoms with E-state index in [1.165, 1.54) is 6.07 Å². The number of rotatable bonds is 2. The number of para-hydroxylation sites is 1. The summed E-state index contributed by atoms with van der Waals surface area (Å²) in [5, 5.41) is 10.5. The van der Waals surface area contributed by atoms with Gasteiger partial charge in [0.25, 0.3) is 0 Å². The van der Waals surface area contributed by atoms with Crippen molar-refractivity contribution in [3.05, 3.63) is 33.9 Å². The van der Waals surface area contributed by atoms with Crippen LogP contribution in [0.5, 0.6) is 5.75 Å². The maximum atomic E-state index is 10.5. The van der Waals surface area contributed by atoms with Gasteiger partial charge in [-0.2, -0.15) is 5.90 Å². The number of nitro benzene ring substituents is 1. The van der Waals surface area contributed by atoms with Crippen molar-refractivity contribution in [3.63, 3.8) is 0 Å². The molecule has 12 heavy (non-hydrogen) atoms. The van der Waals surface area contributed by atoms with Crippen LogP contribution in [0.2, 0.25) is 0 Å². The minimum absolute atomic E-state index is 0.0833. The van der Waals surface area contributed by atoms with Crippen LogP contribution >= 0.6 is 0 Å². The van der Waals surface area contributed by atoms with E-state index in [4.69, 9.17) is 5.90 Å². The molecule has 0 aliphatic rings. The van der Waals surface area contributed by atoms with Crippen LogP contribution in [-0.2, 0) is 0 Å². The molecular weight excluding hydrogens is 160 g/mol. The van der Waals surface area contributed by atoms with E-state index >= 15 is 0 Å². The molecule has 0 aliphatic heterocycles. The molecule has 1 rings (SSSR count). The maximum Gasteiger partial charge on any atom is 0.316 e. The minimum atomic E-state index is -0.516. The molecule has 64 valence electrons. The quantitative estimate of drug-likeness (QED) is 0.530. The smallest absolute Gasteiger partial charge is 0.316 e. The van der Waals surface area contributed by atoms with Gasteiger partial charge in [-0.15, -0.1) is 0 Å². The van der Waals surface area contributed by atoms with E-state index in [1.54, 1.807) is 19.1 Å². The highest BCUT2D eigenvalue weighted by atomic mass is 16.6. The first-order chi connectivity index (χ1) is 5.66. The van der Waals surface area contributed by atoms with Gasteiger partial charge >= 0.3 is 5.69 Å². The first-order valence-electron chi connectivity index (χ1n) is 3.27. The first-order valence-corrected chi connectivity index (χ1v) is 3.27. The van der Waals surface area contributed by atoms with Gasteiger partial charge in [0.2, 0.25) is 5.75 Å². The number of benzene rings is 1. The maximum absolute atomic E-state index is 10.5. The Balaban J connectivity index is 3.29. The highest BCUT2D eigenvalue weighted by Crippen LogP contribution is 2.28. The molecule has 0 radical (unpaired) electrons. The molecule has 0 bridgehead atoms. The lowest BCUT2D eigenvalue weighted by Crippen LogP contribution is -2.05. The summed E-state index contributed by atoms with van der Waals surface area (Å²) in [6, 6.07) is 4.72. The Morgan fingerprint density at radius 2 is 2.25 bits per heavy atom. The lowest BCUT2D eigenvalue weighted by atomic mass is 10.2. The molecule has 0 fully saturated rings. The van der Waals surface area contributed by atoms with Gasteiger partial charge in [0.05, 0.1) is 4.92 Å². The highest BCUT2D eigenvalue weighted by Gasteiger charge is 2.17. The third-order valence-electron chi connectivity index (χ3n) is 1.51. The molecule has 1 aromatic rings. The molecule has 0 heterocycles. The number of nitrogens with two attached hydrogens (primary N) is 1. The number of hydrogen-bond donors (Lipinski definition) is 1. The molecule has 0 saturated heterocycles. The average Bonchev–Trinajstić information content (AvgIpc) is 2.03.